The first kappa shape index (κ1) is 27.0. The first-order valence-corrected chi connectivity index (χ1v) is 13.1. The maximum atomic E-state index is 13.2. The van der Waals surface area contributed by atoms with Crippen molar-refractivity contribution in [3.8, 4) is 5.75 Å². The number of anilines is 2. The van der Waals surface area contributed by atoms with Crippen LogP contribution in [0.4, 0.5) is 21.0 Å². The molecule has 1 N–H and O–H groups in total. The third kappa shape index (κ3) is 6.11. The molecule has 0 aromatic heterocycles. The maximum absolute atomic E-state index is 13.2. The van der Waals surface area contributed by atoms with E-state index in [0.717, 1.165) is 12.0 Å². The highest BCUT2D eigenvalue weighted by molar-refractivity contribution is 6.10. The van der Waals surface area contributed by atoms with Gasteiger partial charge in [-0.05, 0) is 60.5 Å². The first-order chi connectivity index (χ1) is 17.3. The van der Waals surface area contributed by atoms with E-state index in [4.69, 9.17) is 14.2 Å². The smallest absolute Gasteiger partial charge is 0.415 e. The van der Waals surface area contributed by atoms with E-state index in [0.29, 0.717) is 56.3 Å². The molecule has 3 aliphatic rings. The second kappa shape index (κ2) is 10.0. The topological polar surface area (TPSA) is 101 Å². The third-order valence-electron chi connectivity index (χ3n) is 6.63. The zero-order chi connectivity index (χ0) is 27.1. The van der Waals surface area contributed by atoms with Gasteiger partial charge in [-0.3, -0.25) is 14.6 Å². The molecule has 3 aliphatic heterocycles. The summed E-state index contributed by atoms with van der Waals surface area (Å²) in [4.78, 5) is 44.3. The van der Waals surface area contributed by atoms with Crippen LogP contribution in [0.1, 0.15) is 66.9 Å². The van der Waals surface area contributed by atoms with Gasteiger partial charge in [0.1, 0.15) is 23.0 Å². The number of benzene rings is 1. The Kier molecular flexibility index (Phi) is 7.34. The van der Waals surface area contributed by atoms with Crippen LogP contribution in [0, 0.1) is 0 Å². The van der Waals surface area contributed by atoms with Gasteiger partial charge in [-0.15, -0.1) is 0 Å². The summed E-state index contributed by atoms with van der Waals surface area (Å²) in [5.74, 6) is 0.447. The Morgan fingerprint density at radius 2 is 1.73 bits per heavy atom. The summed E-state index contributed by atoms with van der Waals surface area (Å²) < 4.78 is 17.4. The van der Waals surface area contributed by atoms with Crippen LogP contribution in [-0.2, 0) is 20.8 Å². The number of hydrogen-bond donors (Lipinski definition) is 1. The fourth-order valence-corrected chi connectivity index (χ4v) is 4.97. The molecule has 1 aromatic rings. The average molecular weight is 517 g/mol. The van der Waals surface area contributed by atoms with Crippen molar-refractivity contribution in [2.24, 2.45) is 0 Å². The zero-order valence-electron chi connectivity index (χ0n) is 23.1. The monoisotopic (exact) mass is 516 g/mol. The van der Waals surface area contributed by atoms with E-state index < -0.39 is 23.3 Å². The molecule has 1 unspecified atom stereocenters. The van der Waals surface area contributed by atoms with E-state index in [1.165, 1.54) is 4.90 Å². The minimum Gasteiger partial charge on any atom is -0.493 e. The largest absolute Gasteiger partial charge is 0.493 e. The quantitative estimate of drug-likeness (QED) is 0.592. The highest BCUT2D eigenvalue weighted by Gasteiger charge is 2.40. The van der Waals surface area contributed by atoms with Crippen molar-refractivity contribution in [1.82, 2.24) is 9.80 Å². The normalized spacial score (nSPS) is 22.4. The fourth-order valence-electron chi connectivity index (χ4n) is 4.97. The van der Waals surface area contributed by atoms with Crippen LogP contribution >= 0.6 is 0 Å². The molecular weight excluding hydrogens is 476 g/mol. The maximum Gasteiger partial charge on any atom is 0.415 e. The standard InChI is InChI=1S/C27H40N4O6/c1-8-20-23(32)28-19-13-17-15-29-10-11-30(24(33)36-26(2,3)4)16-18(29)9-12-35-22(17)14-21(19)31(20)25(34)37-27(5,6)7/h13-14,18,20H,8-12,15-16H2,1-7H3,(H,28,32)/t18-,20?/m1/s1. The van der Waals surface area contributed by atoms with Gasteiger partial charge >= 0.3 is 12.2 Å². The predicted octanol–water partition coefficient (Wildman–Crippen LogP) is 4.36. The fraction of sp³-hybridized carbons (Fsp3) is 0.667. The van der Waals surface area contributed by atoms with Crippen LogP contribution in [0.25, 0.3) is 0 Å². The summed E-state index contributed by atoms with van der Waals surface area (Å²) >= 11 is 0. The molecule has 1 aromatic carbocycles. The summed E-state index contributed by atoms with van der Waals surface area (Å²) in [6, 6.07) is 3.20. The minimum absolute atomic E-state index is 0.128. The summed E-state index contributed by atoms with van der Waals surface area (Å²) in [7, 11) is 0. The molecule has 0 bridgehead atoms. The highest BCUT2D eigenvalue weighted by Crippen LogP contribution is 2.40. The molecule has 3 heterocycles. The van der Waals surface area contributed by atoms with E-state index in [2.05, 4.69) is 10.2 Å². The summed E-state index contributed by atoms with van der Waals surface area (Å²) in [5, 5.41) is 2.98. The molecule has 1 fully saturated rings. The van der Waals surface area contributed by atoms with Crippen molar-refractivity contribution in [3.05, 3.63) is 17.7 Å². The summed E-state index contributed by atoms with van der Waals surface area (Å²) in [5.41, 5.74) is 0.831. The van der Waals surface area contributed by atoms with Gasteiger partial charge in [-0.25, -0.2) is 9.59 Å². The van der Waals surface area contributed by atoms with Gasteiger partial charge in [0.2, 0.25) is 5.91 Å². The molecule has 204 valence electrons. The van der Waals surface area contributed by atoms with Crippen LogP contribution in [0.5, 0.6) is 5.75 Å². The average Bonchev–Trinajstić information content (AvgIpc) is 2.75. The van der Waals surface area contributed by atoms with E-state index in [1.54, 1.807) is 25.7 Å². The number of nitrogens with one attached hydrogen (secondary N) is 1. The van der Waals surface area contributed by atoms with Crippen LogP contribution in [0.3, 0.4) is 0 Å². The molecule has 0 spiro atoms. The molecule has 37 heavy (non-hydrogen) atoms. The second-order valence-corrected chi connectivity index (χ2v) is 11.9. The molecule has 4 rings (SSSR count). The predicted molar refractivity (Wildman–Crippen MR) is 140 cm³/mol. The summed E-state index contributed by atoms with van der Waals surface area (Å²) in [6.45, 7) is 15.8. The molecular formula is C27H40N4O6. The Bertz CT molecular complexity index is 1060. The van der Waals surface area contributed by atoms with Gasteiger partial charge in [0, 0.05) is 43.9 Å². The number of fused-ring (bicyclic) bond motifs is 3. The van der Waals surface area contributed by atoms with Crippen molar-refractivity contribution in [3.63, 3.8) is 0 Å². The lowest BCUT2D eigenvalue weighted by Gasteiger charge is -2.43. The number of carbonyl (C=O) groups excluding carboxylic acids is 3. The number of ether oxygens (including phenoxy) is 3. The van der Waals surface area contributed by atoms with Crippen molar-refractivity contribution in [2.75, 3.05) is 36.5 Å². The number of rotatable bonds is 1. The highest BCUT2D eigenvalue weighted by atomic mass is 16.6. The molecule has 2 atom stereocenters. The van der Waals surface area contributed by atoms with Crippen LogP contribution < -0.4 is 15.0 Å². The Morgan fingerprint density at radius 3 is 2.38 bits per heavy atom. The third-order valence-corrected chi connectivity index (χ3v) is 6.63. The minimum atomic E-state index is -0.694. The number of nitrogens with zero attached hydrogens (tertiary/aromatic N) is 3. The second-order valence-electron chi connectivity index (χ2n) is 11.9. The molecule has 0 saturated carbocycles. The van der Waals surface area contributed by atoms with Crippen molar-refractivity contribution in [1.29, 1.82) is 0 Å². The van der Waals surface area contributed by atoms with Gasteiger partial charge in [0.05, 0.1) is 18.0 Å². The lowest BCUT2D eigenvalue weighted by atomic mass is 10.0. The lowest BCUT2D eigenvalue weighted by Crippen LogP contribution is -2.55. The van der Waals surface area contributed by atoms with Crippen LogP contribution in [0.2, 0.25) is 0 Å². The van der Waals surface area contributed by atoms with Crippen molar-refractivity contribution in [2.45, 2.75) is 91.1 Å². The zero-order valence-corrected chi connectivity index (χ0v) is 23.1. The van der Waals surface area contributed by atoms with Gasteiger partial charge in [-0.2, -0.15) is 0 Å². The Morgan fingerprint density at radius 1 is 1.05 bits per heavy atom. The van der Waals surface area contributed by atoms with E-state index in [1.807, 2.05) is 39.8 Å². The van der Waals surface area contributed by atoms with Crippen LogP contribution in [0.15, 0.2) is 12.1 Å². The number of amides is 3. The number of carbonyl (C=O) groups is 3. The van der Waals surface area contributed by atoms with Crippen LogP contribution in [-0.4, -0.2) is 77.4 Å². The van der Waals surface area contributed by atoms with Crippen molar-refractivity contribution >= 4 is 29.5 Å². The van der Waals surface area contributed by atoms with Gasteiger partial charge < -0.3 is 24.4 Å². The molecule has 0 radical (unpaired) electrons. The molecule has 0 aliphatic carbocycles. The Labute approximate surface area is 219 Å². The van der Waals surface area contributed by atoms with Gasteiger partial charge in [0.15, 0.2) is 0 Å². The van der Waals surface area contributed by atoms with E-state index in [9.17, 15) is 14.4 Å². The molecule has 10 nitrogen and oxygen atoms in total. The van der Waals surface area contributed by atoms with Gasteiger partial charge in [0.25, 0.3) is 0 Å². The van der Waals surface area contributed by atoms with Crippen molar-refractivity contribution < 1.29 is 28.6 Å². The molecule has 3 amide bonds. The number of piperazine rings is 1. The summed E-state index contributed by atoms with van der Waals surface area (Å²) in [6.07, 6.45) is 0.353. The Hall–Kier alpha value is -3.01. The first-order valence-electron chi connectivity index (χ1n) is 13.1. The lowest BCUT2D eigenvalue weighted by molar-refractivity contribution is -0.117. The Balaban J connectivity index is 1.58. The van der Waals surface area contributed by atoms with E-state index in [-0.39, 0.29) is 18.0 Å². The SMILES string of the molecule is CCC1C(=O)Nc2cc3c(cc2N1C(=O)OC(C)(C)C)OCC[C@@H]1CN(C(=O)OC(C)(C)C)CCN1C3. The van der Waals surface area contributed by atoms with Gasteiger partial charge in [-0.1, -0.05) is 6.92 Å². The van der Waals surface area contributed by atoms with E-state index >= 15 is 0 Å². The molecule has 1 saturated heterocycles. The number of hydrogen-bond acceptors (Lipinski definition) is 7. The molecule has 10 heteroatoms.